The Hall–Kier alpha value is -1.29. The molecule has 2 heterocycles. The van der Waals surface area contributed by atoms with Gasteiger partial charge in [-0.05, 0) is 37.0 Å². The first-order valence-corrected chi connectivity index (χ1v) is 6.97. The molecule has 0 spiro atoms. The molecule has 0 unspecified atom stereocenters. The van der Waals surface area contributed by atoms with Crippen LogP contribution in [0.1, 0.15) is 22.9 Å². The molecule has 1 aromatic rings. The highest BCUT2D eigenvalue weighted by atomic mass is 79.9. The van der Waals surface area contributed by atoms with Gasteiger partial charge in [-0.25, -0.2) is 4.39 Å². The van der Waals surface area contributed by atoms with Crippen LogP contribution in [0.25, 0.3) is 0 Å². The van der Waals surface area contributed by atoms with Gasteiger partial charge in [0.05, 0.1) is 0 Å². The Morgan fingerprint density at radius 1 is 1.63 bits per heavy atom. The summed E-state index contributed by atoms with van der Waals surface area (Å²) in [5.41, 5.74) is 1.35. The van der Waals surface area contributed by atoms with Crippen LogP contribution in [0.2, 0.25) is 0 Å². The number of nitrogens with one attached hydrogen (secondary N) is 1. The molecule has 1 N–H and O–H groups in total. The molecule has 1 saturated carbocycles. The maximum absolute atomic E-state index is 14.3. The number of hydrogen-bond donors (Lipinski definition) is 1. The van der Waals surface area contributed by atoms with Crippen molar-refractivity contribution in [1.82, 2.24) is 10.2 Å². The summed E-state index contributed by atoms with van der Waals surface area (Å²) in [5.74, 6) is 0.378. The largest absolute Gasteiger partial charge is 0.344 e. The maximum atomic E-state index is 14.3. The zero-order valence-corrected chi connectivity index (χ0v) is 11.7. The van der Waals surface area contributed by atoms with Crippen molar-refractivity contribution in [2.24, 2.45) is 5.92 Å². The summed E-state index contributed by atoms with van der Waals surface area (Å²) in [5, 5.41) is 2.89. The molecular formula is C15H14BrFN2. The number of benzene rings is 1. The third-order valence-corrected chi connectivity index (χ3v) is 4.95. The molecule has 0 aromatic heterocycles. The molecule has 2 nitrogen and oxygen atoms in total. The van der Waals surface area contributed by atoms with Gasteiger partial charge >= 0.3 is 0 Å². The van der Waals surface area contributed by atoms with E-state index < -0.39 is 6.85 Å². The van der Waals surface area contributed by atoms with E-state index in [9.17, 15) is 4.39 Å². The fourth-order valence-electron chi connectivity index (χ4n) is 3.48. The number of piperidine rings is 1. The van der Waals surface area contributed by atoms with Gasteiger partial charge in [-0.1, -0.05) is 22.5 Å². The van der Waals surface area contributed by atoms with E-state index in [-0.39, 0.29) is 22.8 Å². The maximum Gasteiger partial charge on any atom is 0.127 e. The number of hydrogen-bond acceptors (Lipinski definition) is 2. The molecule has 98 valence electrons. The van der Waals surface area contributed by atoms with Crippen LogP contribution in [-0.4, -0.2) is 11.4 Å². The summed E-state index contributed by atoms with van der Waals surface area (Å²) in [7, 11) is 0. The van der Waals surface area contributed by atoms with Gasteiger partial charge in [0.1, 0.15) is 11.6 Å². The fraction of sp³-hybridized carbons (Fsp3) is 0.333. The van der Waals surface area contributed by atoms with Crippen molar-refractivity contribution >= 4 is 15.9 Å². The van der Waals surface area contributed by atoms with Crippen LogP contribution in [0.4, 0.5) is 4.39 Å². The third kappa shape index (κ3) is 1.35. The Balaban J connectivity index is 1.82. The van der Waals surface area contributed by atoms with Crippen LogP contribution < -0.4 is 5.32 Å². The van der Waals surface area contributed by atoms with Gasteiger partial charge < -0.3 is 10.2 Å². The molecule has 4 rings (SSSR count). The first-order chi connectivity index (χ1) is 10.2. The summed E-state index contributed by atoms with van der Waals surface area (Å²) in [6, 6.07) is 4.94. The zero-order chi connectivity index (χ0) is 15.9. The Labute approximate surface area is 124 Å². The highest BCUT2D eigenvalue weighted by Gasteiger charge is 2.66. The minimum absolute atomic E-state index is 0.0403. The van der Waals surface area contributed by atoms with Gasteiger partial charge in [-0.15, -0.1) is 0 Å². The van der Waals surface area contributed by atoms with Gasteiger partial charge in [0, 0.05) is 37.9 Å². The SMILES string of the molecule is [2H]C([2H])([2H])C1=C2[C@@H]3C[C@]3(c3cc(Br)ccc3F)CN2C(=C)N1. The van der Waals surface area contributed by atoms with E-state index in [1.807, 2.05) is 11.0 Å². The van der Waals surface area contributed by atoms with Crippen molar-refractivity contribution in [2.45, 2.75) is 18.7 Å². The molecule has 2 aliphatic heterocycles. The van der Waals surface area contributed by atoms with E-state index in [2.05, 4.69) is 27.8 Å². The van der Waals surface area contributed by atoms with Crippen molar-refractivity contribution in [3.8, 4) is 0 Å². The molecule has 1 saturated heterocycles. The molecule has 1 aliphatic carbocycles. The topological polar surface area (TPSA) is 15.3 Å². The summed E-state index contributed by atoms with van der Waals surface area (Å²) in [6.45, 7) is 2.27. The zero-order valence-electron chi connectivity index (χ0n) is 13.1. The second kappa shape index (κ2) is 3.42. The Kier molecular flexibility index (Phi) is 1.58. The normalized spacial score (nSPS) is 34.4. The lowest BCUT2D eigenvalue weighted by molar-refractivity contribution is 0.426. The van der Waals surface area contributed by atoms with Crippen molar-refractivity contribution in [3.05, 3.63) is 57.8 Å². The van der Waals surface area contributed by atoms with Gasteiger partial charge in [0.25, 0.3) is 0 Å². The molecule has 19 heavy (non-hydrogen) atoms. The van der Waals surface area contributed by atoms with Crippen molar-refractivity contribution < 1.29 is 8.50 Å². The van der Waals surface area contributed by atoms with E-state index >= 15 is 0 Å². The summed E-state index contributed by atoms with van der Waals surface area (Å²) in [4.78, 5) is 1.90. The average Bonchev–Trinajstić information content (AvgIpc) is 2.90. The van der Waals surface area contributed by atoms with E-state index in [4.69, 9.17) is 4.11 Å². The lowest BCUT2D eigenvalue weighted by atomic mass is 9.94. The van der Waals surface area contributed by atoms with Crippen LogP contribution in [0, 0.1) is 11.7 Å². The van der Waals surface area contributed by atoms with Gasteiger partial charge in [0.15, 0.2) is 0 Å². The van der Waals surface area contributed by atoms with Crippen molar-refractivity contribution in [1.29, 1.82) is 0 Å². The van der Waals surface area contributed by atoms with Crippen LogP contribution in [0.5, 0.6) is 0 Å². The quantitative estimate of drug-likeness (QED) is 0.851. The molecule has 2 fully saturated rings. The summed E-state index contributed by atoms with van der Waals surface area (Å²) in [6.07, 6.45) is 0.779. The Morgan fingerprint density at radius 2 is 2.47 bits per heavy atom. The van der Waals surface area contributed by atoms with E-state index in [1.54, 1.807) is 6.07 Å². The lowest BCUT2D eigenvalue weighted by Crippen LogP contribution is -2.26. The highest BCUT2D eigenvalue weighted by Crippen LogP contribution is 2.66. The molecule has 4 heteroatoms. The molecule has 2 atom stereocenters. The summed E-state index contributed by atoms with van der Waals surface area (Å²) >= 11 is 3.39. The van der Waals surface area contributed by atoms with Gasteiger partial charge in [-0.3, -0.25) is 0 Å². The third-order valence-electron chi connectivity index (χ3n) is 4.45. The average molecular weight is 324 g/mol. The highest BCUT2D eigenvalue weighted by molar-refractivity contribution is 9.10. The minimum atomic E-state index is -2.21. The fourth-order valence-corrected chi connectivity index (χ4v) is 3.84. The van der Waals surface area contributed by atoms with Crippen LogP contribution in [-0.2, 0) is 5.41 Å². The predicted octanol–water partition coefficient (Wildman–Crippen LogP) is 3.47. The van der Waals surface area contributed by atoms with Crippen LogP contribution in [0.15, 0.2) is 46.5 Å². The molecule has 1 aromatic carbocycles. The second-order valence-corrected chi connectivity index (χ2v) is 6.37. The molecule has 0 bridgehead atoms. The van der Waals surface area contributed by atoms with Crippen LogP contribution >= 0.6 is 15.9 Å². The Morgan fingerprint density at radius 3 is 3.26 bits per heavy atom. The van der Waals surface area contributed by atoms with Gasteiger partial charge in [0.2, 0.25) is 0 Å². The smallest absolute Gasteiger partial charge is 0.127 e. The molecule has 0 radical (unpaired) electrons. The minimum Gasteiger partial charge on any atom is -0.344 e. The number of halogens is 2. The number of rotatable bonds is 1. The second-order valence-electron chi connectivity index (χ2n) is 5.46. The lowest BCUT2D eigenvalue weighted by Gasteiger charge is -2.21. The van der Waals surface area contributed by atoms with E-state index in [0.717, 1.165) is 16.6 Å². The van der Waals surface area contributed by atoms with Crippen LogP contribution in [0.3, 0.4) is 0 Å². The standard InChI is InChI=1S/C15H14BrFN2/c1-8-14-12-6-15(12,7-19(14)9(2)18-8)11-5-10(16)3-4-13(11)17/h3-5,12,18H,2,6-7H2,1H3/t12-,15+/m0/s1/i1D3. The first-order valence-electron chi connectivity index (χ1n) is 7.68. The molecular weight excluding hydrogens is 307 g/mol. The monoisotopic (exact) mass is 323 g/mol. The van der Waals surface area contributed by atoms with E-state index in [1.165, 1.54) is 6.07 Å². The number of allylic oxidation sites excluding steroid dienone is 2. The summed E-state index contributed by atoms with van der Waals surface area (Å²) < 4.78 is 38.2. The van der Waals surface area contributed by atoms with Crippen molar-refractivity contribution in [2.75, 3.05) is 6.54 Å². The Bertz CT molecular complexity index is 743. The van der Waals surface area contributed by atoms with E-state index in [0.29, 0.717) is 17.9 Å². The first kappa shape index (κ1) is 8.80. The predicted molar refractivity (Wildman–Crippen MR) is 75.6 cm³/mol. The number of nitrogens with zero attached hydrogens (tertiary/aromatic N) is 1. The molecule has 3 aliphatic rings. The number of fused-ring (bicyclic) bond motifs is 3. The van der Waals surface area contributed by atoms with Gasteiger partial charge in [-0.2, -0.15) is 0 Å². The molecule has 0 amide bonds. The van der Waals surface area contributed by atoms with Crippen molar-refractivity contribution in [3.63, 3.8) is 0 Å².